The molecule has 4 aliphatic rings. The van der Waals surface area contributed by atoms with Crippen LogP contribution in [0, 0.1) is 46.8 Å². The van der Waals surface area contributed by atoms with Crippen molar-refractivity contribution < 1.29 is 72.9 Å². The van der Waals surface area contributed by atoms with Gasteiger partial charge in [-0.05, 0) is 114 Å². The molecule has 0 radical (unpaired) electrons. The van der Waals surface area contributed by atoms with Gasteiger partial charge in [-0.1, -0.05) is 78.0 Å². The number of rotatable bonds is 9. The third kappa shape index (κ3) is 15.6. The van der Waals surface area contributed by atoms with Gasteiger partial charge in [0.05, 0.1) is 37.6 Å². The van der Waals surface area contributed by atoms with E-state index in [9.17, 15) is 49.2 Å². The largest absolute Gasteiger partial charge is 0.460 e. The number of hydrogen-bond donors (Lipinski definition) is 4. The number of aliphatic hydroxyl groups excluding tert-OH is 3. The topological polar surface area (TPSA) is 233 Å². The minimum atomic E-state index is -2.46. The van der Waals surface area contributed by atoms with Gasteiger partial charge < -0.3 is 49.0 Å². The number of ether oxygens (including phenoxy) is 5. The summed E-state index contributed by atoms with van der Waals surface area (Å²) in [5.41, 5.74) is -0.151. The lowest BCUT2D eigenvalue weighted by atomic mass is 9.78. The number of methoxy groups -OCH3 is 2. The Hall–Kier alpha value is -3.90. The van der Waals surface area contributed by atoms with Crippen LogP contribution in [0.2, 0.25) is 0 Å². The first kappa shape index (κ1) is 60.7. The molecular formula is C56H87NO15. The molecule has 0 aromatic carbocycles. The zero-order valence-corrected chi connectivity index (χ0v) is 44.9. The Morgan fingerprint density at radius 3 is 2.22 bits per heavy atom. The third-order valence-electron chi connectivity index (χ3n) is 16.0. The van der Waals surface area contributed by atoms with Crippen LogP contribution in [0.3, 0.4) is 0 Å². The van der Waals surface area contributed by atoms with Gasteiger partial charge in [-0.3, -0.25) is 24.0 Å². The van der Waals surface area contributed by atoms with E-state index in [1.165, 1.54) is 18.9 Å². The first-order chi connectivity index (χ1) is 33.9. The molecule has 4 N–H and O–H groups in total. The number of carbonyl (C=O) groups excluding carboxylic acids is 6. The second-order valence-electron chi connectivity index (χ2n) is 22.0. The summed E-state index contributed by atoms with van der Waals surface area (Å²) in [6.45, 7) is 14.7. The molecule has 16 nitrogen and oxygen atoms in total. The van der Waals surface area contributed by atoms with Gasteiger partial charge in [-0.15, -0.1) is 0 Å². The number of nitrogens with zero attached hydrogens (tertiary/aromatic N) is 1. The van der Waals surface area contributed by atoms with E-state index in [0.717, 1.165) is 5.57 Å². The van der Waals surface area contributed by atoms with E-state index in [4.69, 9.17) is 23.7 Å². The van der Waals surface area contributed by atoms with Crippen molar-refractivity contribution in [3.8, 4) is 0 Å². The summed E-state index contributed by atoms with van der Waals surface area (Å²) < 4.78 is 29.9. The Balaban J connectivity index is 1.68. The summed E-state index contributed by atoms with van der Waals surface area (Å²) >= 11 is 0. The molecule has 15 atom stereocenters. The highest BCUT2D eigenvalue weighted by Crippen LogP contribution is 2.38. The van der Waals surface area contributed by atoms with Crippen molar-refractivity contribution in [3.05, 3.63) is 47.6 Å². The zero-order valence-electron chi connectivity index (χ0n) is 44.9. The van der Waals surface area contributed by atoms with Crippen molar-refractivity contribution in [1.29, 1.82) is 0 Å². The summed E-state index contributed by atoms with van der Waals surface area (Å²) in [5.74, 6) is -9.57. The number of fused-ring (bicyclic) bond motifs is 3. The molecule has 0 spiro atoms. The van der Waals surface area contributed by atoms with E-state index in [-0.39, 0.29) is 48.7 Å². The van der Waals surface area contributed by atoms with Crippen LogP contribution < -0.4 is 0 Å². The smallest absolute Gasteiger partial charge is 0.329 e. The minimum absolute atomic E-state index is 0.0242. The molecule has 3 aliphatic heterocycles. The van der Waals surface area contributed by atoms with Crippen LogP contribution in [0.1, 0.15) is 139 Å². The molecule has 1 aliphatic carbocycles. The Morgan fingerprint density at radius 2 is 1.57 bits per heavy atom. The second-order valence-corrected chi connectivity index (χ2v) is 22.0. The number of amides is 1. The lowest BCUT2D eigenvalue weighted by molar-refractivity contribution is -0.265. The molecular weight excluding hydrogens is 927 g/mol. The summed E-state index contributed by atoms with van der Waals surface area (Å²) in [7, 11) is 3.08. The summed E-state index contributed by atoms with van der Waals surface area (Å²) in [6.07, 6.45) is 11.6. The quantitative estimate of drug-likeness (QED) is 0.112. The monoisotopic (exact) mass is 1010 g/mol. The molecule has 3 heterocycles. The molecule has 0 aromatic heterocycles. The minimum Gasteiger partial charge on any atom is -0.460 e. The Kier molecular flexibility index (Phi) is 23.2. The first-order valence-corrected chi connectivity index (χ1v) is 26.3. The SMILES string of the molecule is COC1C[C@@H]2CC[C@@H](C)[C@@](O)(O2)C(=O)C(=O)N2CCCC[C@H]2C(=O)O[C@H]([C@H](C)C[C@@H]2CC[C@@H](OC(=O)C(C)(CO)CO)[C@H](OC)C2)CC(=O)[C@H](C)/C=C(\C)[C@@H](O)[C@@H](C)C(=O)[C@H](C)C[C@H](C)/C=C/C=C/C=C/1C. The molecule has 72 heavy (non-hydrogen) atoms. The number of hydrogen-bond acceptors (Lipinski definition) is 15. The summed E-state index contributed by atoms with van der Waals surface area (Å²) in [5, 5.41) is 43.0. The normalized spacial score (nSPS) is 37.8. The van der Waals surface area contributed by atoms with E-state index in [1.807, 2.05) is 58.1 Å². The molecule has 406 valence electrons. The molecule has 1 unspecified atom stereocenters. The fourth-order valence-corrected chi connectivity index (χ4v) is 10.8. The van der Waals surface area contributed by atoms with Crippen molar-refractivity contribution in [2.45, 2.75) is 188 Å². The van der Waals surface area contributed by atoms with Gasteiger partial charge in [0.25, 0.3) is 11.7 Å². The van der Waals surface area contributed by atoms with Crippen LogP contribution in [0.15, 0.2) is 47.6 Å². The Bertz CT molecular complexity index is 1990. The number of allylic oxidation sites excluding steroid dienone is 6. The highest BCUT2D eigenvalue weighted by Gasteiger charge is 2.53. The summed E-state index contributed by atoms with van der Waals surface area (Å²) in [6, 6.07) is -1.19. The van der Waals surface area contributed by atoms with Crippen molar-refractivity contribution in [2.24, 2.45) is 46.8 Å². The van der Waals surface area contributed by atoms with Crippen molar-refractivity contribution in [2.75, 3.05) is 34.0 Å². The van der Waals surface area contributed by atoms with Gasteiger partial charge in [0, 0.05) is 57.3 Å². The van der Waals surface area contributed by atoms with Crippen LogP contribution >= 0.6 is 0 Å². The predicted octanol–water partition coefficient (Wildman–Crippen LogP) is 6.34. The number of esters is 2. The van der Waals surface area contributed by atoms with E-state index in [1.54, 1.807) is 40.9 Å². The molecule has 3 fully saturated rings. The average Bonchev–Trinajstić information content (AvgIpc) is 3.36. The third-order valence-corrected chi connectivity index (χ3v) is 16.0. The number of aliphatic hydroxyl groups is 4. The van der Waals surface area contributed by atoms with E-state index >= 15 is 0 Å². The lowest BCUT2D eigenvalue weighted by Gasteiger charge is -2.42. The Morgan fingerprint density at radius 1 is 0.875 bits per heavy atom. The maximum atomic E-state index is 14.5. The molecule has 2 saturated heterocycles. The van der Waals surface area contributed by atoms with Gasteiger partial charge in [0.1, 0.15) is 35.2 Å². The molecule has 2 bridgehead atoms. The van der Waals surface area contributed by atoms with Gasteiger partial charge in [0.2, 0.25) is 5.79 Å². The average molecular weight is 1010 g/mol. The van der Waals surface area contributed by atoms with Crippen molar-refractivity contribution in [3.63, 3.8) is 0 Å². The van der Waals surface area contributed by atoms with Gasteiger partial charge in [-0.2, -0.15) is 0 Å². The van der Waals surface area contributed by atoms with Crippen LogP contribution in [-0.2, 0) is 52.5 Å². The van der Waals surface area contributed by atoms with Crippen LogP contribution in [-0.4, -0.2) is 143 Å². The number of piperidine rings is 1. The fraction of sp³-hybridized carbons (Fsp3) is 0.750. The van der Waals surface area contributed by atoms with Crippen LogP contribution in [0.4, 0.5) is 0 Å². The van der Waals surface area contributed by atoms with Gasteiger partial charge in [0.15, 0.2) is 0 Å². The maximum Gasteiger partial charge on any atom is 0.329 e. The van der Waals surface area contributed by atoms with E-state index in [0.29, 0.717) is 69.8 Å². The fourth-order valence-electron chi connectivity index (χ4n) is 10.8. The number of Topliss-reactive ketones (excluding diaryl/α,β-unsaturated/α-hetero) is 3. The molecule has 4 rings (SSSR count). The van der Waals surface area contributed by atoms with Crippen molar-refractivity contribution in [1.82, 2.24) is 4.90 Å². The van der Waals surface area contributed by atoms with Crippen molar-refractivity contribution >= 4 is 35.2 Å². The zero-order chi connectivity index (χ0) is 53.7. The molecule has 0 aromatic rings. The van der Waals surface area contributed by atoms with E-state index < -0.39 is 114 Å². The standard InChI is InChI=1S/C56H87NO15/c1-33-17-13-12-14-18-34(2)46(68-10)29-42-22-20-39(7)56(67,72-42)51(63)52(64)57-24-16-15-19-43(57)53(65)70-47(30-44(60)35(3)26-38(6)50(62)40(8)49(61)37(5)25-33)36(4)27-41-21-23-45(48(28-41)69-11)71-54(66)55(9,31-58)32-59/h12-14,17-18,26,33,35-37,39-43,45-48,50,58-59,62,67H,15-16,19-25,27-32H2,1-11H3/b14-12+,17-13+,34-18+,38-26+/t33-,35-,36-,37-,39-,40+,41+,42+,43+,45-,46?,47+,48-,50-,56-/m1/s1. The molecule has 16 heteroatoms. The first-order valence-electron chi connectivity index (χ1n) is 26.3. The number of cyclic esters (lactones) is 1. The lowest BCUT2D eigenvalue weighted by Crippen LogP contribution is -2.61. The number of ketones is 3. The summed E-state index contributed by atoms with van der Waals surface area (Å²) in [4.78, 5) is 85.2. The maximum absolute atomic E-state index is 14.5. The van der Waals surface area contributed by atoms with Crippen LogP contribution in [0.25, 0.3) is 0 Å². The highest BCUT2D eigenvalue weighted by molar-refractivity contribution is 6.39. The molecule has 1 saturated carbocycles. The molecule has 1 amide bonds. The van der Waals surface area contributed by atoms with Gasteiger partial charge in [-0.25, -0.2) is 4.79 Å². The predicted molar refractivity (Wildman–Crippen MR) is 270 cm³/mol. The number of carbonyl (C=O) groups is 6. The van der Waals surface area contributed by atoms with E-state index in [2.05, 4.69) is 0 Å². The van der Waals surface area contributed by atoms with Crippen LogP contribution in [0.5, 0.6) is 0 Å². The second kappa shape index (κ2) is 27.6. The highest BCUT2D eigenvalue weighted by atomic mass is 16.6. The Labute approximate surface area is 428 Å². The van der Waals surface area contributed by atoms with Gasteiger partial charge >= 0.3 is 11.9 Å².